The Morgan fingerprint density at radius 1 is 1.30 bits per heavy atom. The summed E-state index contributed by atoms with van der Waals surface area (Å²) in [5.41, 5.74) is 2.21. The van der Waals surface area contributed by atoms with Gasteiger partial charge in [0.1, 0.15) is 5.75 Å². The van der Waals surface area contributed by atoms with E-state index in [-0.39, 0.29) is 5.91 Å². The molecule has 0 atom stereocenters. The van der Waals surface area contributed by atoms with Gasteiger partial charge in [0.15, 0.2) is 5.13 Å². The van der Waals surface area contributed by atoms with E-state index in [1.54, 1.807) is 18.0 Å². The number of rotatable bonds is 5. The molecule has 0 saturated carbocycles. The molecule has 4 rings (SSSR count). The van der Waals surface area contributed by atoms with Crippen molar-refractivity contribution in [1.82, 2.24) is 14.8 Å². The zero-order valence-corrected chi connectivity index (χ0v) is 15.9. The summed E-state index contributed by atoms with van der Waals surface area (Å²) >= 11 is 7.57. The molecule has 2 aromatic carbocycles. The van der Waals surface area contributed by atoms with Crippen molar-refractivity contribution in [2.45, 2.75) is 6.54 Å². The van der Waals surface area contributed by atoms with Crippen LogP contribution in [-0.4, -0.2) is 27.8 Å². The van der Waals surface area contributed by atoms with E-state index in [2.05, 4.69) is 15.4 Å². The molecule has 0 aliphatic heterocycles. The number of nitrogens with zero attached hydrogens (tertiary/aromatic N) is 3. The zero-order valence-electron chi connectivity index (χ0n) is 14.3. The number of halogens is 1. The average molecular weight is 399 g/mol. The van der Waals surface area contributed by atoms with E-state index in [0.29, 0.717) is 22.3 Å². The first-order valence-corrected chi connectivity index (χ1v) is 9.33. The van der Waals surface area contributed by atoms with E-state index in [9.17, 15) is 4.79 Å². The van der Waals surface area contributed by atoms with Crippen LogP contribution in [0.15, 0.2) is 54.9 Å². The third-order valence-corrected chi connectivity index (χ3v) is 5.30. The summed E-state index contributed by atoms with van der Waals surface area (Å²) < 4.78 is 7.84. The minimum absolute atomic E-state index is 0.258. The number of aromatic nitrogens is 3. The maximum Gasteiger partial charge on any atom is 0.260 e. The molecule has 2 aromatic heterocycles. The molecule has 0 fully saturated rings. The Labute approximate surface area is 164 Å². The fourth-order valence-electron chi connectivity index (χ4n) is 2.62. The number of amides is 1. The number of benzene rings is 2. The molecule has 6 nitrogen and oxygen atoms in total. The Bertz CT molecular complexity index is 1120. The lowest BCUT2D eigenvalue weighted by molar-refractivity contribution is 0.102. The number of fused-ring (bicyclic) bond motifs is 1. The lowest BCUT2D eigenvalue weighted by atomic mass is 10.2. The van der Waals surface area contributed by atoms with E-state index >= 15 is 0 Å². The number of ether oxygens (including phenoxy) is 1. The van der Waals surface area contributed by atoms with Crippen LogP contribution < -0.4 is 10.1 Å². The lowest BCUT2D eigenvalue weighted by Crippen LogP contribution is -2.10. The van der Waals surface area contributed by atoms with Gasteiger partial charge < -0.3 is 4.74 Å². The molecule has 0 radical (unpaired) electrons. The summed E-state index contributed by atoms with van der Waals surface area (Å²) in [6, 6.07) is 13.1. The Morgan fingerprint density at radius 2 is 2.15 bits per heavy atom. The first kappa shape index (κ1) is 17.5. The highest BCUT2D eigenvalue weighted by Crippen LogP contribution is 2.29. The monoisotopic (exact) mass is 398 g/mol. The molecule has 0 aliphatic rings. The number of carbonyl (C=O) groups is 1. The van der Waals surface area contributed by atoms with Crippen molar-refractivity contribution in [3.8, 4) is 5.75 Å². The van der Waals surface area contributed by atoms with Crippen LogP contribution in [0.5, 0.6) is 5.75 Å². The van der Waals surface area contributed by atoms with Gasteiger partial charge in [-0.15, -0.1) is 0 Å². The molecule has 8 heteroatoms. The first-order chi connectivity index (χ1) is 13.1. The van der Waals surface area contributed by atoms with Gasteiger partial charge in [-0.2, -0.15) is 5.10 Å². The van der Waals surface area contributed by atoms with Gasteiger partial charge in [-0.05, 0) is 29.8 Å². The predicted octanol–water partition coefficient (Wildman–Crippen LogP) is 4.46. The maximum atomic E-state index is 12.5. The van der Waals surface area contributed by atoms with Gasteiger partial charge in [-0.25, -0.2) is 4.98 Å². The van der Waals surface area contributed by atoms with Gasteiger partial charge in [0.05, 0.1) is 35.6 Å². The molecule has 2 heterocycles. The van der Waals surface area contributed by atoms with Gasteiger partial charge in [0, 0.05) is 11.2 Å². The predicted molar refractivity (Wildman–Crippen MR) is 107 cm³/mol. The van der Waals surface area contributed by atoms with Crippen LogP contribution in [0, 0.1) is 0 Å². The van der Waals surface area contributed by atoms with E-state index in [1.807, 2.05) is 42.5 Å². The van der Waals surface area contributed by atoms with E-state index < -0.39 is 0 Å². The molecule has 0 bridgehead atoms. The van der Waals surface area contributed by atoms with Crippen molar-refractivity contribution in [2.75, 3.05) is 12.4 Å². The van der Waals surface area contributed by atoms with Crippen LogP contribution >= 0.6 is 22.9 Å². The summed E-state index contributed by atoms with van der Waals surface area (Å²) in [4.78, 5) is 16.9. The SMILES string of the molecule is COc1ccc2nc(NC(=O)c3cnn(Cc4ccccc4Cl)c3)sc2c1. The second kappa shape index (κ2) is 7.38. The van der Waals surface area contributed by atoms with Crippen LogP contribution in [0.3, 0.4) is 0 Å². The summed E-state index contributed by atoms with van der Waals surface area (Å²) in [7, 11) is 1.62. The number of hydrogen-bond donors (Lipinski definition) is 1. The molecule has 1 N–H and O–H groups in total. The van der Waals surface area contributed by atoms with Gasteiger partial charge >= 0.3 is 0 Å². The molecule has 4 aromatic rings. The molecule has 1 amide bonds. The molecule has 0 aliphatic carbocycles. The van der Waals surface area contributed by atoms with Crippen molar-refractivity contribution >= 4 is 44.2 Å². The van der Waals surface area contributed by atoms with Crippen LogP contribution in [0.1, 0.15) is 15.9 Å². The van der Waals surface area contributed by atoms with E-state index in [1.165, 1.54) is 17.5 Å². The van der Waals surface area contributed by atoms with E-state index in [0.717, 1.165) is 21.5 Å². The molecule has 136 valence electrons. The Hall–Kier alpha value is -2.90. The van der Waals surface area contributed by atoms with Gasteiger partial charge in [0.25, 0.3) is 5.91 Å². The van der Waals surface area contributed by atoms with Crippen molar-refractivity contribution in [3.63, 3.8) is 0 Å². The number of carbonyl (C=O) groups excluding carboxylic acids is 1. The molecular formula is C19H15ClN4O2S. The highest BCUT2D eigenvalue weighted by atomic mass is 35.5. The number of methoxy groups -OCH3 is 1. The molecule has 0 saturated heterocycles. The topological polar surface area (TPSA) is 69.0 Å². The maximum absolute atomic E-state index is 12.5. The Kier molecular flexibility index (Phi) is 4.79. The van der Waals surface area contributed by atoms with E-state index in [4.69, 9.17) is 16.3 Å². The van der Waals surface area contributed by atoms with Crippen LogP contribution in [-0.2, 0) is 6.54 Å². The quantitative estimate of drug-likeness (QED) is 0.539. The number of nitrogens with one attached hydrogen (secondary N) is 1. The third-order valence-electron chi connectivity index (χ3n) is 4.00. The lowest BCUT2D eigenvalue weighted by Gasteiger charge is -2.03. The van der Waals surface area contributed by atoms with Crippen LogP contribution in [0.2, 0.25) is 5.02 Å². The summed E-state index contributed by atoms with van der Waals surface area (Å²) in [5, 5.41) is 8.27. The zero-order chi connectivity index (χ0) is 18.8. The Morgan fingerprint density at radius 3 is 2.96 bits per heavy atom. The minimum atomic E-state index is -0.258. The normalized spacial score (nSPS) is 10.9. The average Bonchev–Trinajstić information content (AvgIpc) is 3.29. The van der Waals surface area contributed by atoms with Crippen molar-refractivity contribution in [1.29, 1.82) is 0 Å². The summed E-state index contributed by atoms with van der Waals surface area (Å²) in [6.07, 6.45) is 3.22. The highest BCUT2D eigenvalue weighted by Gasteiger charge is 2.13. The Balaban J connectivity index is 1.49. The van der Waals surface area contributed by atoms with Gasteiger partial charge in [-0.1, -0.05) is 41.1 Å². The minimum Gasteiger partial charge on any atom is -0.497 e. The van der Waals surface area contributed by atoms with Crippen molar-refractivity contribution in [2.24, 2.45) is 0 Å². The molecule has 0 unspecified atom stereocenters. The third kappa shape index (κ3) is 3.79. The van der Waals surface area contributed by atoms with Crippen LogP contribution in [0.4, 0.5) is 5.13 Å². The summed E-state index contributed by atoms with van der Waals surface area (Å²) in [5.74, 6) is 0.497. The van der Waals surface area contributed by atoms with Crippen molar-refractivity contribution < 1.29 is 9.53 Å². The molecule has 27 heavy (non-hydrogen) atoms. The first-order valence-electron chi connectivity index (χ1n) is 8.14. The van der Waals surface area contributed by atoms with Crippen molar-refractivity contribution in [3.05, 3.63) is 71.0 Å². The van der Waals surface area contributed by atoms with Gasteiger partial charge in [-0.3, -0.25) is 14.8 Å². The smallest absolute Gasteiger partial charge is 0.260 e. The second-order valence-electron chi connectivity index (χ2n) is 5.82. The van der Waals surface area contributed by atoms with Crippen LogP contribution in [0.25, 0.3) is 10.2 Å². The number of thiazole rings is 1. The largest absolute Gasteiger partial charge is 0.497 e. The molecule has 0 spiro atoms. The number of hydrogen-bond acceptors (Lipinski definition) is 5. The standard InChI is InChI=1S/C19H15ClN4O2S/c1-26-14-6-7-16-17(8-14)27-19(22-16)23-18(25)13-9-21-24(11-13)10-12-4-2-3-5-15(12)20/h2-9,11H,10H2,1H3,(H,22,23,25). The highest BCUT2D eigenvalue weighted by molar-refractivity contribution is 7.22. The summed E-state index contributed by atoms with van der Waals surface area (Å²) in [6.45, 7) is 0.494. The fraction of sp³-hybridized carbons (Fsp3) is 0.105. The van der Waals surface area contributed by atoms with Gasteiger partial charge in [0.2, 0.25) is 0 Å². The number of anilines is 1. The second-order valence-corrected chi connectivity index (χ2v) is 7.26. The molecular weight excluding hydrogens is 384 g/mol. The fourth-order valence-corrected chi connectivity index (χ4v) is 3.71.